The van der Waals surface area contributed by atoms with Gasteiger partial charge in [-0.25, -0.2) is 0 Å². The highest BCUT2D eigenvalue weighted by atomic mass is 16.6. The molecule has 5 rings (SSSR count). The third-order valence-corrected chi connectivity index (χ3v) is 7.11. The van der Waals surface area contributed by atoms with Gasteiger partial charge in [0.05, 0.1) is 52.9 Å². The van der Waals surface area contributed by atoms with Gasteiger partial charge in [0.25, 0.3) is 0 Å². The summed E-state index contributed by atoms with van der Waals surface area (Å²) in [4.78, 5) is 0. The van der Waals surface area contributed by atoms with Gasteiger partial charge in [-0.2, -0.15) is 0 Å². The van der Waals surface area contributed by atoms with Crippen molar-refractivity contribution in [2.75, 3.05) is 66.1 Å². The number of rotatable bonds is 6. The van der Waals surface area contributed by atoms with E-state index in [9.17, 15) is 0 Å². The van der Waals surface area contributed by atoms with Gasteiger partial charge in [-0.05, 0) is 36.8 Å². The lowest BCUT2D eigenvalue weighted by Gasteiger charge is -2.30. The van der Waals surface area contributed by atoms with E-state index in [0.717, 1.165) is 33.0 Å². The summed E-state index contributed by atoms with van der Waals surface area (Å²) in [6, 6.07) is 28.5. The molecule has 1 aliphatic heterocycles. The second-order valence-corrected chi connectivity index (χ2v) is 10.8. The summed E-state index contributed by atoms with van der Waals surface area (Å²) >= 11 is 0. The second kappa shape index (κ2) is 14.1. The van der Waals surface area contributed by atoms with E-state index in [1.165, 1.54) is 0 Å². The first kappa shape index (κ1) is 29.3. The molecule has 0 aromatic heterocycles. The lowest BCUT2D eigenvalue weighted by atomic mass is 10.1. The van der Waals surface area contributed by atoms with Crippen molar-refractivity contribution >= 4 is 21.5 Å². The molecular formula is C34H40O7. The smallest absolute Gasteiger partial charge is 0.127 e. The zero-order chi connectivity index (χ0) is 28.4. The maximum Gasteiger partial charge on any atom is 0.127 e. The van der Waals surface area contributed by atoms with Crippen LogP contribution in [0.5, 0.6) is 11.5 Å². The van der Waals surface area contributed by atoms with E-state index in [2.05, 4.69) is 36.4 Å². The summed E-state index contributed by atoms with van der Waals surface area (Å²) in [5.74, 6) is 1.65. The summed E-state index contributed by atoms with van der Waals surface area (Å²) in [5, 5.41) is 4.41. The maximum absolute atomic E-state index is 6.26. The first-order valence-corrected chi connectivity index (χ1v) is 14.3. The highest BCUT2D eigenvalue weighted by Crippen LogP contribution is 2.28. The van der Waals surface area contributed by atoms with Crippen LogP contribution < -0.4 is 9.47 Å². The Morgan fingerprint density at radius 2 is 0.927 bits per heavy atom. The van der Waals surface area contributed by atoms with Crippen LogP contribution in [-0.4, -0.2) is 77.3 Å². The Labute approximate surface area is 242 Å². The van der Waals surface area contributed by atoms with Crippen molar-refractivity contribution in [2.45, 2.75) is 25.0 Å². The molecule has 0 N–H and O–H groups in total. The predicted molar refractivity (Wildman–Crippen MR) is 160 cm³/mol. The number of hydrogen-bond acceptors (Lipinski definition) is 7. The van der Waals surface area contributed by atoms with Crippen LogP contribution in [-0.2, 0) is 23.7 Å². The Bertz CT molecular complexity index is 1280. The van der Waals surface area contributed by atoms with Crippen molar-refractivity contribution < 1.29 is 33.2 Å². The average Bonchev–Trinajstić information content (AvgIpc) is 3.00. The fourth-order valence-electron chi connectivity index (χ4n) is 4.84. The van der Waals surface area contributed by atoms with Gasteiger partial charge in [-0.15, -0.1) is 0 Å². The van der Waals surface area contributed by atoms with Crippen LogP contribution in [0.2, 0.25) is 0 Å². The zero-order valence-electron chi connectivity index (χ0n) is 24.0. The van der Waals surface area contributed by atoms with Gasteiger partial charge in [0.2, 0.25) is 0 Å². The number of hydrogen-bond donors (Lipinski definition) is 0. The Balaban J connectivity index is 1.16. The van der Waals surface area contributed by atoms with Crippen molar-refractivity contribution in [3.63, 3.8) is 0 Å². The van der Waals surface area contributed by atoms with Gasteiger partial charge in [0.1, 0.15) is 35.9 Å². The topological polar surface area (TPSA) is 64.6 Å². The van der Waals surface area contributed by atoms with Gasteiger partial charge in [-0.1, -0.05) is 72.8 Å². The van der Waals surface area contributed by atoms with Gasteiger partial charge < -0.3 is 33.2 Å². The van der Waals surface area contributed by atoms with Gasteiger partial charge in [0, 0.05) is 10.8 Å². The molecule has 0 spiro atoms. The molecule has 2 atom stereocenters. The van der Waals surface area contributed by atoms with E-state index >= 15 is 0 Å². The van der Waals surface area contributed by atoms with Gasteiger partial charge in [0.15, 0.2) is 0 Å². The molecule has 41 heavy (non-hydrogen) atoms. The van der Waals surface area contributed by atoms with Crippen molar-refractivity contribution in [2.24, 2.45) is 0 Å². The van der Waals surface area contributed by atoms with Crippen LogP contribution in [0.25, 0.3) is 21.5 Å². The number of fused-ring (bicyclic) bond motifs is 2. The van der Waals surface area contributed by atoms with Crippen LogP contribution in [0.3, 0.4) is 0 Å². The molecule has 0 saturated carbocycles. The molecule has 0 amide bonds. The summed E-state index contributed by atoms with van der Waals surface area (Å²) in [7, 11) is 0. The second-order valence-electron chi connectivity index (χ2n) is 10.8. The SMILES string of the molecule is C[C@@]1(COc2cccc3ccccc23)COCCOC[C@](C)(COc2cccc3ccccc23)OCCOCCO1. The van der Waals surface area contributed by atoms with E-state index in [-0.39, 0.29) is 0 Å². The molecule has 0 aliphatic carbocycles. The summed E-state index contributed by atoms with van der Waals surface area (Å²) in [6.45, 7) is 7.95. The van der Waals surface area contributed by atoms with E-state index in [0.29, 0.717) is 66.1 Å². The van der Waals surface area contributed by atoms with E-state index < -0.39 is 11.2 Å². The Morgan fingerprint density at radius 1 is 0.512 bits per heavy atom. The van der Waals surface area contributed by atoms with E-state index in [1.54, 1.807) is 0 Å². The normalized spacial score (nSPS) is 23.5. The van der Waals surface area contributed by atoms with Crippen LogP contribution in [0.15, 0.2) is 84.9 Å². The molecule has 0 unspecified atom stereocenters. The molecule has 1 fully saturated rings. The predicted octanol–water partition coefficient (Wildman–Crippen LogP) is 6.06. The molecule has 4 aromatic rings. The number of ether oxygens (including phenoxy) is 7. The molecule has 7 nitrogen and oxygen atoms in total. The molecule has 218 valence electrons. The molecule has 7 heteroatoms. The molecule has 0 bridgehead atoms. The first-order valence-electron chi connectivity index (χ1n) is 14.3. The van der Waals surface area contributed by atoms with Crippen LogP contribution in [0.1, 0.15) is 13.8 Å². The van der Waals surface area contributed by atoms with Crippen molar-refractivity contribution in [1.82, 2.24) is 0 Å². The molecule has 1 saturated heterocycles. The summed E-state index contributed by atoms with van der Waals surface area (Å²) in [5.41, 5.74) is -1.31. The van der Waals surface area contributed by atoms with Crippen LogP contribution >= 0.6 is 0 Å². The minimum atomic E-state index is -0.655. The molecule has 1 heterocycles. The average molecular weight is 561 g/mol. The van der Waals surface area contributed by atoms with Crippen molar-refractivity contribution in [3.05, 3.63) is 84.9 Å². The quantitative estimate of drug-likeness (QED) is 0.284. The summed E-state index contributed by atoms with van der Waals surface area (Å²) < 4.78 is 42.8. The van der Waals surface area contributed by atoms with Crippen molar-refractivity contribution in [3.8, 4) is 11.5 Å². The largest absolute Gasteiger partial charge is 0.490 e. The Hall–Kier alpha value is -3.20. The Kier molecular flexibility index (Phi) is 10.1. The first-order chi connectivity index (χ1) is 20.0. The monoisotopic (exact) mass is 560 g/mol. The lowest BCUT2D eigenvalue weighted by Crippen LogP contribution is -2.42. The molecular weight excluding hydrogens is 520 g/mol. The fraction of sp³-hybridized carbons (Fsp3) is 0.412. The third-order valence-electron chi connectivity index (χ3n) is 7.11. The zero-order valence-corrected chi connectivity index (χ0v) is 24.0. The van der Waals surface area contributed by atoms with E-state index in [4.69, 9.17) is 33.2 Å². The van der Waals surface area contributed by atoms with Crippen LogP contribution in [0.4, 0.5) is 0 Å². The van der Waals surface area contributed by atoms with E-state index in [1.807, 2.05) is 62.4 Å². The highest BCUT2D eigenvalue weighted by Gasteiger charge is 2.29. The van der Waals surface area contributed by atoms with Gasteiger partial charge in [-0.3, -0.25) is 0 Å². The maximum atomic E-state index is 6.26. The standard InChI is InChI=1S/C34H40O7/c1-33(25-38-31-15-7-11-27-9-3-5-13-29(27)31)23-36-17-18-37-24-34(2,41-22-20-35-19-21-40-33)26-39-32-16-8-12-28-10-4-6-14-30(28)32/h3-16H,17-26H2,1-2H3/t33-,34+. The molecule has 0 radical (unpaired) electrons. The minimum absolute atomic E-state index is 0.342. The molecule has 1 aliphatic rings. The van der Waals surface area contributed by atoms with Crippen molar-refractivity contribution in [1.29, 1.82) is 0 Å². The van der Waals surface area contributed by atoms with Gasteiger partial charge >= 0.3 is 0 Å². The molecule has 4 aromatic carbocycles. The Morgan fingerprint density at radius 3 is 1.41 bits per heavy atom. The van der Waals surface area contributed by atoms with Crippen LogP contribution in [0, 0.1) is 0 Å². The number of benzene rings is 4. The highest BCUT2D eigenvalue weighted by molar-refractivity contribution is 5.88. The lowest BCUT2D eigenvalue weighted by molar-refractivity contribution is -0.122. The fourth-order valence-corrected chi connectivity index (χ4v) is 4.84. The summed E-state index contributed by atoms with van der Waals surface area (Å²) in [6.07, 6.45) is 0. The minimum Gasteiger partial charge on any atom is -0.490 e. The third kappa shape index (κ3) is 8.18.